The smallest absolute Gasteiger partial charge is 0.327 e. The minimum Gasteiger partial charge on any atom is -0.367 e. The number of rotatable bonds is 3. The summed E-state index contributed by atoms with van der Waals surface area (Å²) in [7, 11) is 0. The molecule has 0 aliphatic carbocycles. The lowest BCUT2D eigenvalue weighted by atomic mass is 9.97. The zero-order valence-electron chi connectivity index (χ0n) is 20.1. The first-order valence-electron chi connectivity index (χ1n) is 11.6. The Balaban J connectivity index is 1.36. The summed E-state index contributed by atoms with van der Waals surface area (Å²) >= 11 is 0. The van der Waals surface area contributed by atoms with Gasteiger partial charge in [0, 0.05) is 62.1 Å². The molecule has 1 saturated heterocycles. The van der Waals surface area contributed by atoms with Crippen LogP contribution in [-0.2, 0) is 11.2 Å². The van der Waals surface area contributed by atoms with Gasteiger partial charge in [-0.15, -0.1) is 0 Å². The minimum atomic E-state index is -3.04. The average molecular weight is 502 g/mol. The Morgan fingerprint density at radius 1 is 1.17 bits per heavy atom. The summed E-state index contributed by atoms with van der Waals surface area (Å²) in [5, 5.41) is 2.63. The fraction of sp³-hybridized carbons (Fsp3) is 0.417. The molecule has 3 aromatic rings. The molecule has 0 atom stereocenters. The molecule has 5 heterocycles. The van der Waals surface area contributed by atoms with E-state index in [0.717, 1.165) is 16.9 Å². The molecule has 0 bridgehead atoms. The number of nitrogens with one attached hydrogen (secondary N) is 1. The van der Waals surface area contributed by atoms with Crippen molar-refractivity contribution in [2.24, 2.45) is 0 Å². The lowest BCUT2D eigenvalue weighted by Gasteiger charge is -2.48. The Bertz CT molecular complexity index is 1360. The second-order valence-corrected chi connectivity index (χ2v) is 9.67. The molecule has 3 amide bonds. The van der Waals surface area contributed by atoms with Crippen LogP contribution in [0.5, 0.6) is 0 Å². The predicted molar refractivity (Wildman–Crippen MR) is 128 cm³/mol. The highest BCUT2D eigenvalue weighted by atomic mass is 19.3. The summed E-state index contributed by atoms with van der Waals surface area (Å²) < 4.78 is 42.3. The second kappa shape index (κ2) is 8.68. The van der Waals surface area contributed by atoms with Crippen molar-refractivity contribution in [1.82, 2.24) is 19.3 Å². The Labute approximate surface area is 205 Å². The zero-order valence-corrected chi connectivity index (χ0v) is 20.1. The fourth-order valence-electron chi connectivity index (χ4n) is 5.07. The Morgan fingerprint density at radius 2 is 1.94 bits per heavy atom. The number of imidazole rings is 1. The molecule has 2 aliphatic rings. The first-order chi connectivity index (χ1) is 17.0. The van der Waals surface area contributed by atoms with Crippen LogP contribution in [0.2, 0.25) is 0 Å². The predicted octanol–water partition coefficient (Wildman–Crippen LogP) is 3.46. The van der Waals surface area contributed by atoms with Crippen molar-refractivity contribution in [3.63, 3.8) is 0 Å². The number of hydrogen-bond donors (Lipinski definition) is 1. The number of nitrogens with zero attached hydrogens (tertiary/aromatic N) is 6. The zero-order chi connectivity index (χ0) is 25.8. The van der Waals surface area contributed by atoms with Crippen molar-refractivity contribution < 1.29 is 22.8 Å². The summed E-state index contributed by atoms with van der Waals surface area (Å²) in [5.74, 6) is -1.30. The molecule has 1 N–H and O–H groups in total. The lowest BCUT2D eigenvalue weighted by Crippen LogP contribution is -2.62. The van der Waals surface area contributed by atoms with Crippen molar-refractivity contribution in [2.75, 3.05) is 41.3 Å². The second-order valence-electron chi connectivity index (χ2n) is 9.67. The van der Waals surface area contributed by atoms with Crippen LogP contribution in [0.4, 0.5) is 35.2 Å². The number of hydrogen-bond acceptors (Lipinski definition) is 5. The van der Waals surface area contributed by atoms with Crippen LogP contribution in [0.3, 0.4) is 0 Å². The number of halogens is 3. The summed E-state index contributed by atoms with van der Waals surface area (Å²) in [5.41, 5.74) is 2.08. The van der Waals surface area contributed by atoms with Gasteiger partial charge in [0.1, 0.15) is 11.5 Å². The van der Waals surface area contributed by atoms with Gasteiger partial charge < -0.3 is 19.5 Å². The third kappa shape index (κ3) is 4.10. The molecule has 0 saturated carbocycles. The highest BCUT2D eigenvalue weighted by Gasteiger charge is 2.41. The average Bonchev–Trinajstić information content (AvgIpc) is 3.40. The standard InChI is InChI=1S/C24H26F3N7O2/c1-14-11-32-12-17(16(25)10-19(32)29-14)30-23(36)33-7-5-15-18(4-6-28-21(15)33)31-8-9-34(22(35)20(26)27)24(2,3)13-31/h4,6,10-12,20H,5,7-9,13H2,1-3H3,(H,30,36). The van der Waals surface area contributed by atoms with Gasteiger partial charge in [0.2, 0.25) is 0 Å². The van der Waals surface area contributed by atoms with Gasteiger partial charge in [-0.1, -0.05) is 0 Å². The molecule has 3 aromatic heterocycles. The molecule has 36 heavy (non-hydrogen) atoms. The molecule has 5 rings (SSSR count). The molecular formula is C24H26F3N7O2. The molecular weight excluding hydrogens is 475 g/mol. The number of aromatic nitrogens is 3. The number of amides is 3. The molecule has 0 spiro atoms. The first kappa shape index (κ1) is 23.9. The van der Waals surface area contributed by atoms with Crippen molar-refractivity contribution in [3.05, 3.63) is 47.8 Å². The van der Waals surface area contributed by atoms with E-state index in [1.165, 1.54) is 22.1 Å². The molecule has 2 aliphatic heterocycles. The number of urea groups is 1. The Hall–Kier alpha value is -3.83. The maximum Gasteiger partial charge on any atom is 0.327 e. The van der Waals surface area contributed by atoms with Crippen molar-refractivity contribution in [3.8, 4) is 0 Å². The van der Waals surface area contributed by atoms with Crippen LogP contribution in [0, 0.1) is 12.7 Å². The van der Waals surface area contributed by atoms with Crippen LogP contribution in [-0.4, -0.2) is 69.4 Å². The van der Waals surface area contributed by atoms with E-state index in [2.05, 4.69) is 15.3 Å². The van der Waals surface area contributed by atoms with Gasteiger partial charge in [-0.05, 0) is 33.3 Å². The quantitative estimate of drug-likeness (QED) is 0.594. The van der Waals surface area contributed by atoms with E-state index in [4.69, 9.17) is 0 Å². The van der Waals surface area contributed by atoms with Gasteiger partial charge in [0.15, 0.2) is 5.82 Å². The molecule has 0 aromatic carbocycles. The van der Waals surface area contributed by atoms with Crippen molar-refractivity contribution in [1.29, 1.82) is 0 Å². The van der Waals surface area contributed by atoms with Crippen molar-refractivity contribution in [2.45, 2.75) is 39.2 Å². The van der Waals surface area contributed by atoms with Gasteiger partial charge in [0.05, 0.1) is 16.9 Å². The van der Waals surface area contributed by atoms with Crippen LogP contribution in [0.1, 0.15) is 25.1 Å². The highest BCUT2D eigenvalue weighted by molar-refractivity contribution is 6.03. The van der Waals surface area contributed by atoms with Gasteiger partial charge in [-0.3, -0.25) is 9.69 Å². The number of alkyl halides is 2. The van der Waals surface area contributed by atoms with E-state index in [0.29, 0.717) is 37.5 Å². The third-order valence-electron chi connectivity index (χ3n) is 6.69. The van der Waals surface area contributed by atoms with Gasteiger partial charge in [-0.2, -0.15) is 8.78 Å². The number of carbonyl (C=O) groups is 2. The molecule has 12 heteroatoms. The number of carbonyl (C=O) groups excluding carboxylic acids is 2. The fourth-order valence-corrected chi connectivity index (χ4v) is 5.07. The lowest BCUT2D eigenvalue weighted by molar-refractivity contribution is -0.149. The van der Waals surface area contributed by atoms with Gasteiger partial charge in [0.25, 0.3) is 5.91 Å². The maximum absolute atomic E-state index is 14.6. The van der Waals surface area contributed by atoms with E-state index in [9.17, 15) is 22.8 Å². The molecule has 1 fully saturated rings. The summed E-state index contributed by atoms with van der Waals surface area (Å²) in [6, 6.07) is 2.58. The van der Waals surface area contributed by atoms with Crippen LogP contribution < -0.4 is 15.1 Å². The molecule has 0 radical (unpaired) electrons. The van der Waals surface area contributed by atoms with E-state index in [-0.39, 0.29) is 12.2 Å². The van der Waals surface area contributed by atoms with Gasteiger partial charge in [-0.25, -0.2) is 19.2 Å². The topological polar surface area (TPSA) is 86.1 Å². The molecule has 0 unspecified atom stereocenters. The Kier molecular flexibility index (Phi) is 5.76. The number of piperazine rings is 1. The Morgan fingerprint density at radius 3 is 2.67 bits per heavy atom. The van der Waals surface area contributed by atoms with Gasteiger partial charge >= 0.3 is 12.5 Å². The largest absolute Gasteiger partial charge is 0.367 e. The maximum atomic E-state index is 14.6. The van der Waals surface area contributed by atoms with Crippen LogP contribution in [0.25, 0.3) is 5.65 Å². The van der Waals surface area contributed by atoms with Crippen LogP contribution in [0.15, 0.2) is 30.7 Å². The monoisotopic (exact) mass is 501 g/mol. The van der Waals surface area contributed by atoms with Crippen LogP contribution >= 0.6 is 0 Å². The number of aryl methyl sites for hydroxylation is 1. The van der Waals surface area contributed by atoms with E-state index in [1.54, 1.807) is 37.6 Å². The van der Waals surface area contributed by atoms with E-state index >= 15 is 0 Å². The highest BCUT2D eigenvalue weighted by Crippen LogP contribution is 2.36. The SMILES string of the molecule is Cc1cn2cc(NC(=O)N3CCc4c(N5CCN(C(=O)C(F)F)C(C)(C)C5)ccnc43)c(F)cc2n1. The normalized spacial score (nSPS) is 17.1. The number of pyridine rings is 2. The summed E-state index contributed by atoms with van der Waals surface area (Å²) in [4.78, 5) is 38.4. The summed E-state index contributed by atoms with van der Waals surface area (Å²) in [6.45, 7) is 6.55. The molecule has 9 nitrogen and oxygen atoms in total. The minimum absolute atomic E-state index is 0.0241. The van der Waals surface area contributed by atoms with Crippen molar-refractivity contribution >= 4 is 34.8 Å². The van der Waals surface area contributed by atoms with E-state index < -0.39 is 29.7 Å². The molecule has 190 valence electrons. The third-order valence-corrected chi connectivity index (χ3v) is 6.69. The van der Waals surface area contributed by atoms with E-state index in [1.807, 2.05) is 11.0 Å². The summed E-state index contributed by atoms with van der Waals surface area (Å²) in [6.07, 6.45) is 2.29. The number of anilines is 3. The first-order valence-corrected chi connectivity index (χ1v) is 11.6. The number of fused-ring (bicyclic) bond motifs is 2.